The fourth-order valence-electron chi connectivity index (χ4n) is 3.74. The number of amides is 1. The van der Waals surface area contributed by atoms with Gasteiger partial charge in [0.05, 0.1) is 19.3 Å². The van der Waals surface area contributed by atoms with Gasteiger partial charge in [-0.3, -0.25) is 4.79 Å². The van der Waals surface area contributed by atoms with Gasteiger partial charge in [-0.1, -0.05) is 41.9 Å². The standard InChI is InChI=1S/C21H19ClFN3O2/c1-12-19-15(14-7-5-9-17(28-2)20(14)23)10-18(27)24-21(19)26(25-12)11-13-6-3-4-8-16(13)22/h3-9,15H,10-11H2,1-2H3,(H,24,27). The highest BCUT2D eigenvalue weighted by atomic mass is 35.5. The molecule has 144 valence electrons. The minimum atomic E-state index is -0.450. The van der Waals surface area contributed by atoms with E-state index in [-0.39, 0.29) is 18.1 Å². The highest BCUT2D eigenvalue weighted by Gasteiger charge is 2.34. The number of methoxy groups -OCH3 is 1. The minimum Gasteiger partial charge on any atom is -0.494 e. The highest BCUT2D eigenvalue weighted by molar-refractivity contribution is 6.31. The molecule has 0 saturated carbocycles. The largest absolute Gasteiger partial charge is 0.494 e. The Kier molecular flexibility index (Phi) is 4.81. The van der Waals surface area contributed by atoms with E-state index >= 15 is 0 Å². The van der Waals surface area contributed by atoms with Gasteiger partial charge in [0.1, 0.15) is 5.82 Å². The number of carbonyl (C=O) groups is 1. The van der Waals surface area contributed by atoms with Crippen molar-refractivity contribution >= 4 is 23.3 Å². The van der Waals surface area contributed by atoms with E-state index in [0.29, 0.717) is 22.9 Å². The summed E-state index contributed by atoms with van der Waals surface area (Å²) in [5.74, 6) is -0.320. The Morgan fingerprint density at radius 2 is 2.07 bits per heavy atom. The summed E-state index contributed by atoms with van der Waals surface area (Å²) >= 11 is 6.28. The summed E-state index contributed by atoms with van der Waals surface area (Å²) in [5, 5.41) is 8.13. The molecule has 7 heteroatoms. The van der Waals surface area contributed by atoms with Crippen molar-refractivity contribution < 1.29 is 13.9 Å². The van der Waals surface area contributed by atoms with Crippen LogP contribution in [-0.2, 0) is 11.3 Å². The fourth-order valence-corrected chi connectivity index (χ4v) is 3.93. The molecule has 2 aromatic carbocycles. The number of hydrogen-bond donors (Lipinski definition) is 1. The van der Waals surface area contributed by atoms with Crippen molar-refractivity contribution in [3.63, 3.8) is 0 Å². The Labute approximate surface area is 167 Å². The van der Waals surface area contributed by atoms with Gasteiger partial charge in [-0.25, -0.2) is 9.07 Å². The van der Waals surface area contributed by atoms with Gasteiger partial charge in [-0.2, -0.15) is 5.10 Å². The lowest BCUT2D eigenvalue weighted by Crippen LogP contribution is -2.25. The predicted octanol–water partition coefficient (Wildman–Crippen LogP) is 4.52. The van der Waals surface area contributed by atoms with Crippen molar-refractivity contribution in [2.45, 2.75) is 25.8 Å². The number of hydrogen-bond acceptors (Lipinski definition) is 3. The molecule has 1 N–H and O–H groups in total. The third-order valence-corrected chi connectivity index (χ3v) is 5.40. The summed E-state index contributed by atoms with van der Waals surface area (Å²) in [6, 6.07) is 12.5. The van der Waals surface area contributed by atoms with Gasteiger partial charge in [0.2, 0.25) is 5.91 Å². The fraction of sp³-hybridized carbons (Fsp3) is 0.238. The van der Waals surface area contributed by atoms with Gasteiger partial charge in [0.15, 0.2) is 11.6 Å². The number of aryl methyl sites for hydroxylation is 1. The maximum absolute atomic E-state index is 14.9. The number of fused-ring (bicyclic) bond motifs is 1. The smallest absolute Gasteiger partial charge is 0.226 e. The molecule has 0 spiro atoms. The summed E-state index contributed by atoms with van der Waals surface area (Å²) in [4.78, 5) is 12.4. The molecule has 4 rings (SSSR count). The van der Waals surface area contributed by atoms with Crippen molar-refractivity contribution in [2.75, 3.05) is 12.4 Å². The molecule has 2 heterocycles. The summed E-state index contributed by atoms with van der Waals surface area (Å²) in [7, 11) is 1.42. The van der Waals surface area contributed by atoms with E-state index in [4.69, 9.17) is 16.3 Å². The van der Waals surface area contributed by atoms with E-state index in [2.05, 4.69) is 10.4 Å². The number of halogens is 2. The maximum Gasteiger partial charge on any atom is 0.226 e. The molecule has 28 heavy (non-hydrogen) atoms. The van der Waals surface area contributed by atoms with E-state index in [1.807, 2.05) is 31.2 Å². The van der Waals surface area contributed by atoms with Crippen LogP contribution in [0.3, 0.4) is 0 Å². The van der Waals surface area contributed by atoms with Crippen LogP contribution in [0, 0.1) is 12.7 Å². The van der Waals surface area contributed by atoms with Crippen LogP contribution in [0.15, 0.2) is 42.5 Å². The number of carbonyl (C=O) groups excluding carboxylic acids is 1. The number of aromatic nitrogens is 2. The van der Waals surface area contributed by atoms with Gasteiger partial charge in [-0.15, -0.1) is 0 Å². The number of benzene rings is 2. The predicted molar refractivity (Wildman–Crippen MR) is 106 cm³/mol. The molecule has 5 nitrogen and oxygen atoms in total. The van der Waals surface area contributed by atoms with Gasteiger partial charge < -0.3 is 10.1 Å². The van der Waals surface area contributed by atoms with E-state index < -0.39 is 11.7 Å². The summed E-state index contributed by atoms with van der Waals surface area (Å²) in [5.41, 5.74) is 2.88. The number of rotatable bonds is 4. The number of ether oxygens (including phenoxy) is 1. The molecule has 1 atom stereocenters. The Morgan fingerprint density at radius 3 is 2.82 bits per heavy atom. The van der Waals surface area contributed by atoms with Crippen LogP contribution >= 0.6 is 11.6 Å². The van der Waals surface area contributed by atoms with Crippen molar-refractivity contribution in [2.24, 2.45) is 0 Å². The molecule has 1 aliphatic rings. The first-order valence-electron chi connectivity index (χ1n) is 8.92. The lowest BCUT2D eigenvalue weighted by molar-refractivity contribution is -0.116. The first-order valence-corrected chi connectivity index (χ1v) is 9.30. The Balaban J connectivity index is 1.81. The van der Waals surface area contributed by atoms with Crippen molar-refractivity contribution in [3.8, 4) is 5.75 Å². The monoisotopic (exact) mass is 399 g/mol. The van der Waals surface area contributed by atoms with Crippen LogP contribution in [0.4, 0.5) is 10.2 Å². The zero-order valence-electron chi connectivity index (χ0n) is 15.5. The number of anilines is 1. The average molecular weight is 400 g/mol. The van der Waals surface area contributed by atoms with Crippen LogP contribution in [-0.4, -0.2) is 22.8 Å². The zero-order valence-corrected chi connectivity index (χ0v) is 16.3. The molecule has 1 aliphatic heterocycles. The lowest BCUT2D eigenvalue weighted by atomic mass is 9.85. The molecule has 1 aromatic heterocycles. The maximum atomic E-state index is 14.9. The van der Waals surface area contributed by atoms with E-state index in [0.717, 1.165) is 16.8 Å². The second kappa shape index (κ2) is 7.28. The van der Waals surface area contributed by atoms with E-state index in [1.54, 1.807) is 22.9 Å². The molecular formula is C21H19ClFN3O2. The third-order valence-electron chi connectivity index (χ3n) is 5.04. The molecule has 0 saturated heterocycles. The van der Waals surface area contributed by atoms with Gasteiger partial charge in [0.25, 0.3) is 0 Å². The van der Waals surface area contributed by atoms with Crippen LogP contribution in [0.5, 0.6) is 5.75 Å². The molecule has 0 fully saturated rings. The minimum absolute atomic E-state index is 0.149. The normalized spacial score (nSPS) is 15.9. The quantitative estimate of drug-likeness (QED) is 0.702. The second-order valence-corrected chi connectivity index (χ2v) is 7.17. The Bertz CT molecular complexity index is 1060. The average Bonchev–Trinajstić information content (AvgIpc) is 2.98. The Morgan fingerprint density at radius 1 is 1.29 bits per heavy atom. The molecule has 1 unspecified atom stereocenters. The lowest BCUT2D eigenvalue weighted by Gasteiger charge is -2.25. The van der Waals surface area contributed by atoms with Gasteiger partial charge in [0, 0.05) is 22.9 Å². The topological polar surface area (TPSA) is 56.1 Å². The summed E-state index contributed by atoms with van der Waals surface area (Å²) < 4.78 is 21.7. The molecule has 0 aliphatic carbocycles. The van der Waals surface area contributed by atoms with E-state index in [1.165, 1.54) is 7.11 Å². The molecular weight excluding hydrogens is 381 g/mol. The Hall–Kier alpha value is -2.86. The van der Waals surface area contributed by atoms with Crippen LogP contribution in [0.2, 0.25) is 5.02 Å². The second-order valence-electron chi connectivity index (χ2n) is 6.77. The highest BCUT2D eigenvalue weighted by Crippen LogP contribution is 2.41. The van der Waals surface area contributed by atoms with Crippen molar-refractivity contribution in [1.82, 2.24) is 9.78 Å². The first kappa shape index (κ1) is 18.5. The van der Waals surface area contributed by atoms with E-state index in [9.17, 15) is 9.18 Å². The van der Waals surface area contributed by atoms with Gasteiger partial charge in [-0.05, 0) is 30.2 Å². The number of nitrogens with zero attached hydrogens (tertiary/aromatic N) is 2. The third kappa shape index (κ3) is 3.14. The summed E-state index contributed by atoms with van der Waals surface area (Å²) in [6.45, 7) is 2.27. The molecule has 0 radical (unpaired) electrons. The van der Waals surface area contributed by atoms with Crippen molar-refractivity contribution in [1.29, 1.82) is 0 Å². The molecule has 1 amide bonds. The van der Waals surface area contributed by atoms with Crippen LogP contribution < -0.4 is 10.1 Å². The zero-order chi connectivity index (χ0) is 19.8. The van der Waals surface area contributed by atoms with Crippen molar-refractivity contribution in [3.05, 3.63) is 75.7 Å². The van der Waals surface area contributed by atoms with Gasteiger partial charge >= 0.3 is 0 Å². The first-order chi connectivity index (χ1) is 13.5. The molecule has 3 aromatic rings. The van der Waals surface area contributed by atoms with Crippen LogP contribution in [0.25, 0.3) is 0 Å². The van der Waals surface area contributed by atoms with Crippen LogP contribution in [0.1, 0.15) is 34.7 Å². The summed E-state index contributed by atoms with van der Waals surface area (Å²) in [6.07, 6.45) is 0.149. The molecule has 0 bridgehead atoms. The SMILES string of the molecule is COc1cccc(C2CC(=O)Nc3c2c(C)nn3Cc2ccccc2Cl)c1F. The number of nitrogens with one attached hydrogen (secondary N) is 1.